The average molecular weight is 284 g/mol. The SMILES string of the molecule is CN(C(=O)C1CCc2ccccc2N1)c1ccccc1F. The first-order valence-electron chi connectivity index (χ1n) is 7.03. The number of rotatable bonds is 2. The molecule has 1 heterocycles. The predicted molar refractivity (Wildman–Crippen MR) is 82.0 cm³/mol. The lowest BCUT2D eigenvalue weighted by Crippen LogP contribution is -2.43. The summed E-state index contributed by atoms with van der Waals surface area (Å²) in [4.78, 5) is 13.9. The molecule has 0 aromatic heterocycles. The van der Waals surface area contributed by atoms with Crippen molar-refractivity contribution in [1.82, 2.24) is 0 Å². The van der Waals surface area contributed by atoms with Crippen LogP contribution in [0.2, 0.25) is 0 Å². The Bertz CT molecular complexity index is 671. The molecule has 1 N–H and O–H groups in total. The minimum atomic E-state index is -0.385. The minimum absolute atomic E-state index is 0.116. The predicted octanol–water partition coefficient (Wildman–Crippen LogP) is 3.22. The van der Waals surface area contributed by atoms with E-state index in [1.807, 2.05) is 18.2 Å². The molecule has 1 aliphatic rings. The number of halogens is 1. The number of nitrogens with zero attached hydrogens (tertiary/aromatic N) is 1. The standard InChI is InChI=1S/C17H17FN2O/c1-20(16-9-5-3-7-13(16)18)17(21)15-11-10-12-6-2-4-8-14(12)19-15/h2-9,15,19H,10-11H2,1H3. The summed E-state index contributed by atoms with van der Waals surface area (Å²) in [5.41, 5.74) is 2.52. The molecule has 1 atom stereocenters. The van der Waals surface area contributed by atoms with Crippen LogP contribution in [0.5, 0.6) is 0 Å². The molecule has 0 radical (unpaired) electrons. The number of hydrogen-bond donors (Lipinski definition) is 1. The van der Waals surface area contributed by atoms with Crippen molar-refractivity contribution in [2.45, 2.75) is 18.9 Å². The number of aryl methyl sites for hydroxylation is 1. The highest BCUT2D eigenvalue weighted by Crippen LogP contribution is 2.26. The molecular formula is C17H17FN2O. The molecule has 3 rings (SSSR count). The Kier molecular flexibility index (Phi) is 3.60. The lowest BCUT2D eigenvalue weighted by Gasteiger charge is -2.29. The Morgan fingerprint density at radius 3 is 2.71 bits per heavy atom. The third-order valence-electron chi connectivity index (χ3n) is 3.89. The molecule has 0 bridgehead atoms. The van der Waals surface area contributed by atoms with Gasteiger partial charge < -0.3 is 10.2 Å². The minimum Gasteiger partial charge on any atom is -0.373 e. The van der Waals surface area contributed by atoms with E-state index in [1.165, 1.54) is 16.5 Å². The van der Waals surface area contributed by atoms with Crippen molar-refractivity contribution < 1.29 is 9.18 Å². The van der Waals surface area contributed by atoms with Crippen LogP contribution in [-0.4, -0.2) is 19.0 Å². The van der Waals surface area contributed by atoms with Crippen molar-refractivity contribution in [2.75, 3.05) is 17.3 Å². The Balaban J connectivity index is 1.79. The van der Waals surface area contributed by atoms with Gasteiger partial charge in [0.1, 0.15) is 11.9 Å². The van der Waals surface area contributed by atoms with Gasteiger partial charge in [-0.2, -0.15) is 0 Å². The molecule has 2 aromatic carbocycles. The normalized spacial score (nSPS) is 16.8. The summed E-state index contributed by atoms with van der Waals surface area (Å²) in [5.74, 6) is -0.501. The van der Waals surface area contributed by atoms with Gasteiger partial charge >= 0.3 is 0 Å². The van der Waals surface area contributed by atoms with Gasteiger partial charge in [0.15, 0.2) is 0 Å². The summed E-state index contributed by atoms with van der Waals surface area (Å²) in [5, 5.41) is 3.25. The molecule has 1 amide bonds. The number of hydrogen-bond acceptors (Lipinski definition) is 2. The molecule has 0 saturated heterocycles. The van der Waals surface area contributed by atoms with Crippen LogP contribution >= 0.6 is 0 Å². The second kappa shape index (κ2) is 5.56. The lowest BCUT2D eigenvalue weighted by molar-refractivity contribution is -0.119. The topological polar surface area (TPSA) is 32.3 Å². The number of carbonyl (C=O) groups is 1. The number of benzene rings is 2. The number of para-hydroxylation sites is 2. The highest BCUT2D eigenvalue weighted by molar-refractivity contribution is 5.98. The van der Waals surface area contributed by atoms with Crippen LogP contribution in [0.4, 0.5) is 15.8 Å². The van der Waals surface area contributed by atoms with Gasteiger partial charge in [-0.15, -0.1) is 0 Å². The summed E-state index contributed by atoms with van der Waals surface area (Å²) in [6, 6.07) is 14.0. The largest absolute Gasteiger partial charge is 0.373 e. The zero-order chi connectivity index (χ0) is 14.8. The molecule has 3 nitrogen and oxygen atoms in total. The summed E-state index contributed by atoms with van der Waals surface area (Å²) in [7, 11) is 1.61. The van der Waals surface area contributed by atoms with Crippen molar-refractivity contribution in [3.8, 4) is 0 Å². The lowest BCUT2D eigenvalue weighted by atomic mass is 9.97. The molecule has 2 aromatic rings. The highest BCUT2D eigenvalue weighted by atomic mass is 19.1. The van der Waals surface area contributed by atoms with Crippen molar-refractivity contribution in [1.29, 1.82) is 0 Å². The first kappa shape index (κ1) is 13.6. The second-order valence-corrected chi connectivity index (χ2v) is 5.24. The fourth-order valence-corrected chi connectivity index (χ4v) is 2.70. The zero-order valence-electron chi connectivity index (χ0n) is 11.8. The van der Waals surface area contributed by atoms with E-state index in [1.54, 1.807) is 25.2 Å². The molecule has 21 heavy (non-hydrogen) atoms. The zero-order valence-corrected chi connectivity index (χ0v) is 11.8. The Morgan fingerprint density at radius 1 is 1.19 bits per heavy atom. The van der Waals surface area contributed by atoms with Gasteiger partial charge in [0.2, 0.25) is 5.91 Å². The Labute approximate surface area is 123 Å². The van der Waals surface area contributed by atoms with Crippen molar-refractivity contribution in [3.63, 3.8) is 0 Å². The van der Waals surface area contributed by atoms with Crippen LogP contribution in [0.15, 0.2) is 48.5 Å². The molecule has 0 fully saturated rings. The monoisotopic (exact) mass is 284 g/mol. The summed E-state index contributed by atoms with van der Waals surface area (Å²) in [6.07, 6.45) is 1.57. The van der Waals surface area contributed by atoms with E-state index in [9.17, 15) is 9.18 Å². The van der Waals surface area contributed by atoms with Crippen LogP contribution in [-0.2, 0) is 11.2 Å². The highest BCUT2D eigenvalue weighted by Gasteiger charge is 2.27. The number of nitrogens with one attached hydrogen (secondary N) is 1. The maximum atomic E-state index is 13.8. The molecule has 0 aliphatic carbocycles. The average Bonchev–Trinajstić information content (AvgIpc) is 2.53. The maximum Gasteiger partial charge on any atom is 0.249 e. The molecule has 0 spiro atoms. The second-order valence-electron chi connectivity index (χ2n) is 5.24. The number of amides is 1. The molecule has 1 aliphatic heterocycles. The van der Waals surface area contributed by atoms with E-state index >= 15 is 0 Å². The Hall–Kier alpha value is -2.36. The quantitative estimate of drug-likeness (QED) is 0.918. The number of carbonyl (C=O) groups excluding carboxylic acids is 1. The third kappa shape index (κ3) is 2.61. The van der Waals surface area contributed by atoms with Crippen LogP contribution in [0, 0.1) is 5.82 Å². The summed E-state index contributed by atoms with van der Waals surface area (Å²) < 4.78 is 13.8. The van der Waals surface area contributed by atoms with E-state index in [-0.39, 0.29) is 17.8 Å². The van der Waals surface area contributed by atoms with Gasteiger partial charge in [-0.3, -0.25) is 4.79 Å². The van der Waals surface area contributed by atoms with Crippen molar-refractivity contribution >= 4 is 17.3 Å². The fourth-order valence-electron chi connectivity index (χ4n) is 2.70. The third-order valence-corrected chi connectivity index (χ3v) is 3.89. The van der Waals surface area contributed by atoms with Gasteiger partial charge in [0.25, 0.3) is 0 Å². The van der Waals surface area contributed by atoms with Gasteiger partial charge in [-0.1, -0.05) is 30.3 Å². The van der Waals surface area contributed by atoms with Gasteiger partial charge in [0.05, 0.1) is 5.69 Å². The van der Waals surface area contributed by atoms with E-state index in [2.05, 4.69) is 11.4 Å². The first-order valence-corrected chi connectivity index (χ1v) is 7.03. The van der Waals surface area contributed by atoms with Crippen LogP contribution in [0.1, 0.15) is 12.0 Å². The molecule has 1 unspecified atom stereocenters. The Morgan fingerprint density at radius 2 is 1.90 bits per heavy atom. The van der Waals surface area contributed by atoms with Crippen LogP contribution < -0.4 is 10.2 Å². The summed E-state index contributed by atoms with van der Waals surface area (Å²) in [6.45, 7) is 0. The van der Waals surface area contributed by atoms with Crippen LogP contribution in [0.3, 0.4) is 0 Å². The van der Waals surface area contributed by atoms with E-state index < -0.39 is 0 Å². The van der Waals surface area contributed by atoms with E-state index in [0.29, 0.717) is 12.1 Å². The summed E-state index contributed by atoms with van der Waals surface area (Å²) >= 11 is 0. The van der Waals surface area contributed by atoms with Crippen LogP contribution in [0.25, 0.3) is 0 Å². The van der Waals surface area contributed by atoms with E-state index in [0.717, 1.165) is 12.1 Å². The van der Waals surface area contributed by atoms with Crippen molar-refractivity contribution in [3.05, 3.63) is 59.9 Å². The number of anilines is 2. The van der Waals surface area contributed by atoms with E-state index in [4.69, 9.17) is 0 Å². The first-order chi connectivity index (χ1) is 10.2. The number of likely N-dealkylation sites (N-methyl/N-ethyl adjacent to an activating group) is 1. The smallest absolute Gasteiger partial charge is 0.249 e. The van der Waals surface area contributed by atoms with Crippen molar-refractivity contribution in [2.24, 2.45) is 0 Å². The fraction of sp³-hybridized carbons (Fsp3) is 0.235. The van der Waals surface area contributed by atoms with Gasteiger partial charge in [0, 0.05) is 12.7 Å². The van der Waals surface area contributed by atoms with Gasteiger partial charge in [-0.25, -0.2) is 4.39 Å². The molecule has 4 heteroatoms. The van der Waals surface area contributed by atoms with Gasteiger partial charge in [-0.05, 0) is 36.6 Å². The maximum absolute atomic E-state index is 13.8. The number of fused-ring (bicyclic) bond motifs is 1. The molecule has 0 saturated carbocycles. The molecule has 108 valence electrons. The molecular weight excluding hydrogens is 267 g/mol.